The first kappa shape index (κ1) is 19.2. The molecule has 30 heavy (non-hydrogen) atoms. The summed E-state index contributed by atoms with van der Waals surface area (Å²) < 4.78 is 20.6. The molecule has 0 saturated heterocycles. The van der Waals surface area contributed by atoms with Crippen LogP contribution >= 0.6 is 0 Å². The molecule has 0 spiro atoms. The zero-order valence-electron chi connectivity index (χ0n) is 16.7. The van der Waals surface area contributed by atoms with Crippen LogP contribution in [0.15, 0.2) is 59.5 Å². The first-order valence-electron chi connectivity index (χ1n) is 9.09. The van der Waals surface area contributed by atoms with Gasteiger partial charge in [0.1, 0.15) is 18.1 Å². The Morgan fingerprint density at radius 3 is 2.43 bits per heavy atom. The molecule has 0 aliphatic carbocycles. The molecule has 2 heterocycles. The van der Waals surface area contributed by atoms with E-state index < -0.39 is 0 Å². The molecule has 0 atom stereocenters. The lowest BCUT2D eigenvalue weighted by Crippen LogP contribution is -2.23. The SMILES string of the molecule is COc1ccc(-n2ccc(OCc3c(OC)cccc3-n3nnn(C)c3=O)n2)cc1. The number of nitrogens with zero attached hydrogens (tertiary/aromatic N) is 6. The first-order valence-corrected chi connectivity index (χ1v) is 9.09. The monoisotopic (exact) mass is 408 g/mol. The number of rotatable bonds is 7. The molecule has 0 bridgehead atoms. The second-order valence-corrected chi connectivity index (χ2v) is 6.34. The van der Waals surface area contributed by atoms with Crippen molar-refractivity contribution in [2.24, 2.45) is 7.05 Å². The average Bonchev–Trinajstić information content (AvgIpc) is 3.39. The largest absolute Gasteiger partial charge is 0.497 e. The minimum Gasteiger partial charge on any atom is -0.497 e. The zero-order valence-corrected chi connectivity index (χ0v) is 16.7. The van der Waals surface area contributed by atoms with Crippen LogP contribution in [0.1, 0.15) is 5.56 Å². The topological polar surface area (TPSA) is 98.2 Å². The molecule has 0 fully saturated rings. The van der Waals surface area contributed by atoms with E-state index in [1.807, 2.05) is 24.3 Å². The van der Waals surface area contributed by atoms with E-state index in [2.05, 4.69) is 15.5 Å². The zero-order chi connectivity index (χ0) is 21.1. The van der Waals surface area contributed by atoms with Gasteiger partial charge in [0, 0.05) is 19.3 Å². The number of aryl methyl sites for hydroxylation is 1. The van der Waals surface area contributed by atoms with Crippen molar-refractivity contribution in [1.82, 2.24) is 29.6 Å². The van der Waals surface area contributed by atoms with E-state index in [0.29, 0.717) is 22.9 Å². The predicted octanol–water partition coefficient (Wildman–Crippen LogP) is 1.75. The molecule has 0 radical (unpaired) electrons. The van der Waals surface area contributed by atoms with E-state index >= 15 is 0 Å². The number of aromatic nitrogens is 6. The Morgan fingerprint density at radius 1 is 0.967 bits per heavy atom. The van der Waals surface area contributed by atoms with E-state index in [9.17, 15) is 4.79 Å². The van der Waals surface area contributed by atoms with Crippen LogP contribution in [0.3, 0.4) is 0 Å². The van der Waals surface area contributed by atoms with Gasteiger partial charge in [0.25, 0.3) is 0 Å². The van der Waals surface area contributed by atoms with Crippen LogP contribution in [0, 0.1) is 0 Å². The Morgan fingerprint density at radius 2 is 1.77 bits per heavy atom. The van der Waals surface area contributed by atoms with Crippen LogP contribution in [0.4, 0.5) is 0 Å². The fourth-order valence-electron chi connectivity index (χ4n) is 2.96. The quantitative estimate of drug-likeness (QED) is 0.459. The maximum atomic E-state index is 12.3. The van der Waals surface area contributed by atoms with Gasteiger partial charge >= 0.3 is 5.69 Å². The third-order valence-corrected chi connectivity index (χ3v) is 4.54. The van der Waals surface area contributed by atoms with Gasteiger partial charge in [-0.25, -0.2) is 9.48 Å². The van der Waals surface area contributed by atoms with Crippen molar-refractivity contribution in [3.63, 3.8) is 0 Å². The lowest BCUT2D eigenvalue weighted by Gasteiger charge is -2.13. The van der Waals surface area contributed by atoms with Gasteiger partial charge in [0.15, 0.2) is 0 Å². The van der Waals surface area contributed by atoms with Crippen molar-refractivity contribution in [2.45, 2.75) is 6.61 Å². The summed E-state index contributed by atoms with van der Waals surface area (Å²) in [5.41, 5.74) is 1.69. The molecule has 0 unspecified atom stereocenters. The Bertz CT molecular complexity index is 1210. The highest BCUT2D eigenvalue weighted by Gasteiger charge is 2.16. The lowest BCUT2D eigenvalue weighted by atomic mass is 10.1. The van der Waals surface area contributed by atoms with Gasteiger partial charge in [-0.05, 0) is 46.8 Å². The van der Waals surface area contributed by atoms with E-state index in [1.165, 1.54) is 11.7 Å². The van der Waals surface area contributed by atoms with Crippen molar-refractivity contribution in [1.29, 1.82) is 0 Å². The Labute approximate surface area is 171 Å². The number of benzene rings is 2. The van der Waals surface area contributed by atoms with Gasteiger partial charge in [-0.3, -0.25) is 0 Å². The predicted molar refractivity (Wildman–Crippen MR) is 108 cm³/mol. The standard InChI is InChI=1S/C20H20N6O4/c1-24-20(27)26(23-22-24)17-5-4-6-18(29-3)16(17)13-30-19-11-12-25(21-19)14-7-9-15(28-2)10-8-14/h4-12H,13H2,1-3H3. The molecule has 10 heteroatoms. The number of tetrazole rings is 1. The summed E-state index contributed by atoms with van der Waals surface area (Å²) in [5, 5.41) is 12.1. The van der Waals surface area contributed by atoms with Gasteiger partial charge in [-0.2, -0.15) is 9.36 Å². The normalized spacial score (nSPS) is 10.8. The maximum absolute atomic E-state index is 12.3. The van der Waals surface area contributed by atoms with Crippen molar-refractivity contribution in [2.75, 3.05) is 14.2 Å². The summed E-state index contributed by atoms with van der Waals surface area (Å²) in [7, 11) is 4.71. The second kappa shape index (κ2) is 8.11. The molecule has 0 N–H and O–H groups in total. The molecule has 0 amide bonds. The molecule has 4 aromatic rings. The molecule has 0 aliphatic heterocycles. The van der Waals surface area contributed by atoms with Crippen molar-refractivity contribution in [3.8, 4) is 28.8 Å². The van der Waals surface area contributed by atoms with Crippen LogP contribution in [0.2, 0.25) is 0 Å². The second-order valence-electron chi connectivity index (χ2n) is 6.34. The minimum absolute atomic E-state index is 0.127. The summed E-state index contributed by atoms with van der Waals surface area (Å²) in [6.07, 6.45) is 1.80. The van der Waals surface area contributed by atoms with Crippen molar-refractivity contribution >= 4 is 0 Å². The van der Waals surface area contributed by atoms with Crippen LogP contribution in [-0.4, -0.2) is 43.8 Å². The van der Waals surface area contributed by atoms with E-state index in [-0.39, 0.29) is 12.3 Å². The number of ether oxygens (including phenoxy) is 3. The van der Waals surface area contributed by atoms with Gasteiger partial charge in [0.2, 0.25) is 5.88 Å². The van der Waals surface area contributed by atoms with Gasteiger partial charge in [0.05, 0.1) is 31.2 Å². The molecular formula is C20H20N6O4. The number of hydrogen-bond donors (Lipinski definition) is 0. The van der Waals surface area contributed by atoms with Gasteiger partial charge in [-0.1, -0.05) is 6.07 Å². The molecule has 4 rings (SSSR count). The molecule has 2 aromatic heterocycles. The molecular weight excluding hydrogens is 388 g/mol. The third kappa shape index (κ3) is 3.62. The van der Waals surface area contributed by atoms with E-state index in [4.69, 9.17) is 14.2 Å². The van der Waals surface area contributed by atoms with Crippen LogP contribution < -0.4 is 19.9 Å². The van der Waals surface area contributed by atoms with Crippen LogP contribution in [0.25, 0.3) is 11.4 Å². The molecule has 10 nitrogen and oxygen atoms in total. The summed E-state index contributed by atoms with van der Waals surface area (Å²) in [4.78, 5) is 12.3. The van der Waals surface area contributed by atoms with E-state index in [0.717, 1.165) is 16.1 Å². The smallest absolute Gasteiger partial charge is 0.368 e. The molecule has 0 saturated carbocycles. The highest BCUT2D eigenvalue weighted by Crippen LogP contribution is 2.26. The Kier molecular flexibility index (Phi) is 5.21. The summed E-state index contributed by atoms with van der Waals surface area (Å²) in [6, 6.07) is 14.6. The lowest BCUT2D eigenvalue weighted by molar-refractivity contribution is 0.283. The number of methoxy groups -OCH3 is 2. The Hall–Kier alpha value is -4.08. The average molecular weight is 408 g/mol. The van der Waals surface area contributed by atoms with Crippen molar-refractivity contribution in [3.05, 3.63) is 70.8 Å². The van der Waals surface area contributed by atoms with E-state index in [1.54, 1.807) is 49.4 Å². The van der Waals surface area contributed by atoms with Gasteiger partial charge < -0.3 is 14.2 Å². The Balaban J connectivity index is 1.59. The summed E-state index contributed by atoms with van der Waals surface area (Å²) >= 11 is 0. The fraction of sp³-hybridized carbons (Fsp3) is 0.200. The third-order valence-electron chi connectivity index (χ3n) is 4.54. The fourth-order valence-corrected chi connectivity index (χ4v) is 2.96. The van der Waals surface area contributed by atoms with Crippen LogP contribution in [0.5, 0.6) is 17.4 Å². The number of hydrogen-bond acceptors (Lipinski definition) is 7. The molecule has 2 aromatic carbocycles. The maximum Gasteiger partial charge on any atom is 0.368 e. The molecule has 0 aliphatic rings. The minimum atomic E-state index is -0.367. The van der Waals surface area contributed by atoms with Crippen molar-refractivity contribution < 1.29 is 14.2 Å². The summed E-state index contributed by atoms with van der Waals surface area (Å²) in [5.74, 6) is 1.76. The van der Waals surface area contributed by atoms with Crippen LogP contribution in [-0.2, 0) is 13.7 Å². The molecule has 154 valence electrons. The summed E-state index contributed by atoms with van der Waals surface area (Å²) in [6.45, 7) is 0.127. The highest BCUT2D eigenvalue weighted by atomic mass is 16.5. The first-order chi connectivity index (χ1) is 14.6. The van der Waals surface area contributed by atoms with Gasteiger partial charge in [-0.15, -0.1) is 5.10 Å². The highest BCUT2D eigenvalue weighted by molar-refractivity contribution is 5.49.